The first kappa shape index (κ1) is 12.1. The van der Waals surface area contributed by atoms with Crippen molar-refractivity contribution in [3.63, 3.8) is 0 Å². The summed E-state index contributed by atoms with van der Waals surface area (Å²) >= 11 is 0. The van der Waals surface area contributed by atoms with Gasteiger partial charge in [0.1, 0.15) is 0 Å². The largest absolute Gasteiger partial charge is 0.413 e. The first-order valence-electron chi connectivity index (χ1n) is 4.08. The van der Waals surface area contributed by atoms with E-state index in [9.17, 15) is 4.57 Å². The summed E-state index contributed by atoms with van der Waals surface area (Å²) in [4.78, 5) is 17.2. The molecule has 12 heavy (non-hydrogen) atoms. The Kier molecular flexibility index (Phi) is 5.70. The van der Waals surface area contributed by atoms with Gasteiger partial charge in [-0.05, 0) is 12.8 Å². The predicted molar refractivity (Wildman–Crippen MR) is 47.3 cm³/mol. The zero-order valence-corrected chi connectivity index (χ0v) is 8.42. The molecule has 0 atom stereocenters. The molecule has 0 rings (SSSR count). The van der Waals surface area contributed by atoms with Gasteiger partial charge in [-0.25, -0.2) is 9.57 Å². The van der Waals surface area contributed by atoms with Crippen molar-refractivity contribution in [3.05, 3.63) is 0 Å². The van der Waals surface area contributed by atoms with Gasteiger partial charge in [0.05, 0.1) is 0 Å². The number of hydrogen-bond donors (Lipinski definition) is 3. The van der Waals surface area contributed by atoms with E-state index in [0.29, 0.717) is 13.1 Å². The van der Waals surface area contributed by atoms with E-state index in [1.54, 1.807) is 5.01 Å². The molecule has 0 amide bonds. The molecule has 3 N–H and O–H groups in total. The summed E-state index contributed by atoms with van der Waals surface area (Å²) < 4.78 is 10.5. The summed E-state index contributed by atoms with van der Waals surface area (Å²) in [6, 6.07) is 0. The second kappa shape index (κ2) is 5.67. The fourth-order valence-electron chi connectivity index (χ4n) is 0.936. The Balaban J connectivity index is 3.86. The minimum absolute atomic E-state index is 0.652. The number of hydrogen-bond acceptors (Lipinski definition) is 2. The van der Waals surface area contributed by atoms with E-state index in [1.165, 1.54) is 0 Å². The van der Waals surface area contributed by atoms with Crippen molar-refractivity contribution in [2.45, 2.75) is 26.7 Å². The Morgan fingerprint density at radius 1 is 1.25 bits per heavy atom. The van der Waals surface area contributed by atoms with Gasteiger partial charge in [-0.15, -0.1) is 0 Å². The van der Waals surface area contributed by atoms with Crippen molar-refractivity contribution in [1.29, 1.82) is 0 Å². The maximum atomic E-state index is 10.5. The maximum Gasteiger partial charge on any atom is 0.413 e. The molecule has 0 bridgehead atoms. The van der Waals surface area contributed by atoms with E-state index in [1.807, 2.05) is 13.8 Å². The van der Waals surface area contributed by atoms with Crippen molar-refractivity contribution in [3.8, 4) is 0 Å². The van der Waals surface area contributed by atoms with E-state index in [0.717, 1.165) is 12.8 Å². The molecule has 0 aliphatic heterocycles. The molecule has 0 fully saturated rings. The molecule has 0 heterocycles. The summed E-state index contributed by atoms with van der Waals surface area (Å²) in [5, 5.41) is 3.71. The van der Waals surface area contributed by atoms with Crippen LogP contribution >= 0.6 is 7.75 Å². The van der Waals surface area contributed by atoms with Crippen LogP contribution < -0.4 is 5.20 Å². The van der Waals surface area contributed by atoms with Crippen LogP contribution in [-0.4, -0.2) is 27.9 Å². The summed E-state index contributed by atoms with van der Waals surface area (Å²) in [5.41, 5.74) is 0. The third-order valence-electron chi connectivity index (χ3n) is 1.26. The standard InChI is InChI=1S/C6H17N2O3P/c1-3-5-8(6-4-2)7-12(9,10)11/h3-6H2,1-2H3,(H3,7,9,10,11). The lowest BCUT2D eigenvalue weighted by Gasteiger charge is -2.22. The molecule has 0 aromatic rings. The maximum absolute atomic E-state index is 10.5. The molecule has 0 saturated carbocycles. The zero-order valence-electron chi connectivity index (χ0n) is 7.53. The average Bonchev–Trinajstić information content (AvgIpc) is 1.84. The van der Waals surface area contributed by atoms with E-state index < -0.39 is 7.75 Å². The van der Waals surface area contributed by atoms with Crippen LogP contribution in [0.5, 0.6) is 0 Å². The highest BCUT2D eigenvalue weighted by atomic mass is 31.2. The van der Waals surface area contributed by atoms with Crippen molar-refractivity contribution in [1.82, 2.24) is 10.2 Å². The Labute approximate surface area is 73.0 Å². The van der Waals surface area contributed by atoms with E-state index in [2.05, 4.69) is 5.20 Å². The summed E-state index contributed by atoms with van der Waals surface area (Å²) in [7, 11) is -4.11. The molecule has 0 unspecified atom stereocenters. The van der Waals surface area contributed by atoms with Gasteiger partial charge in [0, 0.05) is 13.1 Å². The van der Waals surface area contributed by atoms with Crippen LogP contribution in [0.1, 0.15) is 26.7 Å². The van der Waals surface area contributed by atoms with Crippen LogP contribution in [0.25, 0.3) is 0 Å². The molecule has 6 heteroatoms. The summed E-state index contributed by atoms with van der Waals surface area (Å²) in [6.45, 7) is 5.23. The molecule has 0 aliphatic rings. The van der Waals surface area contributed by atoms with Gasteiger partial charge in [-0.1, -0.05) is 13.8 Å². The lowest BCUT2D eigenvalue weighted by atomic mass is 10.4. The SMILES string of the molecule is CCCN(CCC)NP(=O)(O)O. The Morgan fingerprint density at radius 3 is 1.92 bits per heavy atom. The van der Waals surface area contributed by atoms with Gasteiger partial charge < -0.3 is 9.79 Å². The van der Waals surface area contributed by atoms with Crippen LogP contribution in [0.4, 0.5) is 0 Å². The van der Waals surface area contributed by atoms with Crippen molar-refractivity contribution in [2.75, 3.05) is 13.1 Å². The number of nitrogens with one attached hydrogen (secondary N) is 1. The third kappa shape index (κ3) is 6.76. The first-order valence-corrected chi connectivity index (χ1v) is 5.69. The summed E-state index contributed by atoms with van der Waals surface area (Å²) in [6.07, 6.45) is 1.74. The normalized spacial score (nSPS) is 12.4. The van der Waals surface area contributed by atoms with Crippen molar-refractivity contribution >= 4 is 7.75 Å². The monoisotopic (exact) mass is 196 g/mol. The van der Waals surface area contributed by atoms with Gasteiger partial charge in [0.15, 0.2) is 0 Å². The minimum atomic E-state index is -4.11. The Bertz CT molecular complexity index is 153. The molecule has 74 valence electrons. The lowest BCUT2D eigenvalue weighted by molar-refractivity contribution is 0.206. The Hall–Kier alpha value is 0.0700. The van der Waals surface area contributed by atoms with E-state index in [4.69, 9.17) is 9.79 Å². The average molecular weight is 196 g/mol. The molecule has 0 radical (unpaired) electrons. The second-order valence-corrected chi connectivity index (χ2v) is 3.92. The fourth-order valence-corrected chi connectivity index (χ4v) is 1.50. The van der Waals surface area contributed by atoms with Crippen LogP contribution in [0.15, 0.2) is 0 Å². The van der Waals surface area contributed by atoms with Crippen molar-refractivity contribution < 1.29 is 14.4 Å². The van der Waals surface area contributed by atoms with Crippen molar-refractivity contribution in [2.24, 2.45) is 0 Å². The highest BCUT2D eigenvalue weighted by Crippen LogP contribution is 2.28. The zero-order chi connectivity index (χ0) is 9.61. The first-order chi connectivity index (χ1) is 5.49. The van der Waals surface area contributed by atoms with Crippen LogP contribution in [-0.2, 0) is 4.57 Å². The number of rotatable bonds is 6. The molecule has 0 spiro atoms. The molecular formula is C6H17N2O3P. The van der Waals surface area contributed by atoms with Gasteiger partial charge in [-0.3, -0.25) is 0 Å². The van der Waals surface area contributed by atoms with Crippen LogP contribution in [0.3, 0.4) is 0 Å². The Morgan fingerprint density at radius 2 is 1.67 bits per heavy atom. The predicted octanol–water partition coefficient (Wildman–Crippen LogP) is 0.706. The lowest BCUT2D eigenvalue weighted by Crippen LogP contribution is -2.36. The fraction of sp³-hybridized carbons (Fsp3) is 1.00. The summed E-state index contributed by atoms with van der Waals surface area (Å²) in [5.74, 6) is 0. The topological polar surface area (TPSA) is 72.8 Å². The molecule has 5 nitrogen and oxygen atoms in total. The quantitative estimate of drug-likeness (QED) is 0.431. The second-order valence-electron chi connectivity index (χ2n) is 2.63. The van der Waals surface area contributed by atoms with Gasteiger partial charge in [-0.2, -0.15) is 5.20 Å². The number of nitrogens with zero attached hydrogens (tertiary/aromatic N) is 1. The number of hydrazine groups is 1. The molecule has 0 aliphatic carbocycles. The highest BCUT2D eigenvalue weighted by Gasteiger charge is 2.16. The molecule has 0 aromatic carbocycles. The van der Waals surface area contributed by atoms with E-state index in [-0.39, 0.29) is 0 Å². The molecule has 0 saturated heterocycles. The minimum Gasteiger partial charge on any atom is -0.312 e. The van der Waals surface area contributed by atoms with Gasteiger partial charge in [0.2, 0.25) is 0 Å². The molecular weight excluding hydrogens is 179 g/mol. The van der Waals surface area contributed by atoms with Gasteiger partial charge >= 0.3 is 7.75 Å². The van der Waals surface area contributed by atoms with Crippen LogP contribution in [0.2, 0.25) is 0 Å². The molecule has 0 aromatic heterocycles. The highest BCUT2D eigenvalue weighted by molar-refractivity contribution is 7.49. The smallest absolute Gasteiger partial charge is 0.312 e. The van der Waals surface area contributed by atoms with Gasteiger partial charge in [0.25, 0.3) is 0 Å². The third-order valence-corrected chi connectivity index (χ3v) is 1.80. The van der Waals surface area contributed by atoms with E-state index >= 15 is 0 Å². The van der Waals surface area contributed by atoms with Crippen LogP contribution in [0, 0.1) is 0 Å².